The average molecular weight is 465 g/mol. The van der Waals surface area contributed by atoms with Crippen LogP contribution in [0.4, 0.5) is 5.69 Å². The summed E-state index contributed by atoms with van der Waals surface area (Å²) in [5, 5.41) is 0.998. The van der Waals surface area contributed by atoms with Gasteiger partial charge in [-0.3, -0.25) is 30.2 Å². The molecule has 0 radical (unpaired) electrons. The number of benzene rings is 2. The smallest absolute Gasteiger partial charge is 0.248 e. The Morgan fingerprint density at radius 3 is 2.79 bits per heavy atom. The molecule has 8 nitrogen and oxygen atoms in total. The topological polar surface area (TPSA) is 101 Å². The van der Waals surface area contributed by atoms with E-state index < -0.39 is 11.8 Å². The van der Waals surface area contributed by atoms with Crippen LogP contribution in [0.15, 0.2) is 65.7 Å². The van der Waals surface area contributed by atoms with Gasteiger partial charge in [0.1, 0.15) is 5.75 Å². The Labute approximate surface area is 195 Å². The van der Waals surface area contributed by atoms with Crippen molar-refractivity contribution in [2.45, 2.75) is 18.2 Å². The van der Waals surface area contributed by atoms with Crippen LogP contribution in [0.5, 0.6) is 5.75 Å². The maximum absolute atomic E-state index is 12.6. The number of anilines is 1. The summed E-state index contributed by atoms with van der Waals surface area (Å²) >= 11 is 1.34. The Bertz CT molecular complexity index is 1180. The fourth-order valence-corrected chi connectivity index (χ4v) is 4.52. The number of thioether (sulfide) groups is 1. The van der Waals surface area contributed by atoms with Gasteiger partial charge >= 0.3 is 0 Å². The summed E-state index contributed by atoms with van der Waals surface area (Å²) in [7, 11) is 0. The zero-order chi connectivity index (χ0) is 23.2. The fourth-order valence-electron chi connectivity index (χ4n) is 3.68. The number of aromatic nitrogens is 1. The Balaban J connectivity index is 1.30. The maximum atomic E-state index is 12.6. The number of fused-ring (bicyclic) bond motifs is 1. The Hall–Kier alpha value is -3.59. The van der Waals surface area contributed by atoms with Crippen molar-refractivity contribution in [3.63, 3.8) is 0 Å². The van der Waals surface area contributed by atoms with E-state index in [-0.39, 0.29) is 30.5 Å². The van der Waals surface area contributed by atoms with Gasteiger partial charge in [-0.2, -0.15) is 0 Å². The lowest BCUT2D eigenvalue weighted by Crippen LogP contribution is -2.45. The lowest BCUT2D eigenvalue weighted by molar-refractivity contribution is -0.130. The van der Waals surface area contributed by atoms with E-state index in [1.54, 1.807) is 23.2 Å². The largest absolute Gasteiger partial charge is 0.492 e. The third-order valence-corrected chi connectivity index (χ3v) is 6.28. The first-order valence-corrected chi connectivity index (χ1v) is 11.6. The number of rotatable bonds is 7. The van der Waals surface area contributed by atoms with Gasteiger partial charge in [-0.15, -0.1) is 11.8 Å². The number of carbonyl (C=O) groups excluding carboxylic acids is 3. The second kappa shape index (κ2) is 10.4. The third kappa shape index (κ3) is 5.25. The zero-order valence-electron chi connectivity index (χ0n) is 18.1. The number of hydrogen-bond acceptors (Lipinski definition) is 6. The van der Waals surface area contributed by atoms with Crippen molar-refractivity contribution < 1.29 is 19.1 Å². The molecule has 0 bridgehead atoms. The van der Waals surface area contributed by atoms with Gasteiger partial charge < -0.3 is 9.64 Å². The fraction of sp³-hybridized carbons (Fsp3) is 0.250. The van der Waals surface area contributed by atoms with E-state index in [9.17, 15) is 14.4 Å². The first-order chi connectivity index (χ1) is 16.1. The van der Waals surface area contributed by atoms with Gasteiger partial charge in [0.15, 0.2) is 0 Å². The highest BCUT2D eigenvalue weighted by Crippen LogP contribution is 2.33. The molecule has 2 heterocycles. The molecular formula is C24H24N4O4S. The third-order valence-electron chi connectivity index (χ3n) is 5.23. The number of hydrogen-bond donors (Lipinski definition) is 2. The van der Waals surface area contributed by atoms with Crippen molar-refractivity contribution in [2.24, 2.45) is 5.92 Å². The molecule has 0 spiro atoms. The number of para-hydroxylation sites is 3. The highest BCUT2D eigenvalue weighted by Gasteiger charge is 2.36. The molecule has 170 valence electrons. The molecule has 9 heteroatoms. The molecule has 1 aromatic heterocycles. The highest BCUT2D eigenvalue weighted by atomic mass is 32.2. The van der Waals surface area contributed by atoms with Gasteiger partial charge in [-0.1, -0.05) is 30.3 Å². The standard InChI is InChI=1S/C24H24N4O4S/c1-2-32-19-10-4-3-9-18(19)28-14-17(13-22(28)30)24(31)27-26-21(29)15-33-20-11-5-7-16-8-6-12-25-23(16)20/h3-12,17H,2,13-15H2,1H3,(H,26,29)(H,27,31)/t17-/m1/s1. The molecule has 0 saturated carbocycles. The van der Waals surface area contributed by atoms with Gasteiger partial charge in [-0.25, -0.2) is 0 Å². The van der Waals surface area contributed by atoms with Crippen LogP contribution in [-0.4, -0.2) is 41.6 Å². The van der Waals surface area contributed by atoms with Gasteiger partial charge in [0.05, 0.1) is 29.5 Å². The molecule has 1 saturated heterocycles. The SMILES string of the molecule is CCOc1ccccc1N1C[C@H](C(=O)NNC(=O)CSc2cccc3cccnc23)CC1=O. The molecule has 4 rings (SSSR count). The highest BCUT2D eigenvalue weighted by molar-refractivity contribution is 8.00. The monoisotopic (exact) mass is 464 g/mol. The normalized spacial score (nSPS) is 15.5. The summed E-state index contributed by atoms with van der Waals surface area (Å²) in [5.74, 6) is -0.750. The van der Waals surface area contributed by atoms with Gasteiger partial charge in [0.2, 0.25) is 17.7 Å². The van der Waals surface area contributed by atoms with Crippen LogP contribution in [0.3, 0.4) is 0 Å². The van der Waals surface area contributed by atoms with Crippen molar-refractivity contribution in [3.05, 3.63) is 60.8 Å². The van der Waals surface area contributed by atoms with Crippen molar-refractivity contribution >= 4 is 46.1 Å². The van der Waals surface area contributed by atoms with Crippen molar-refractivity contribution in [1.29, 1.82) is 0 Å². The molecule has 2 aromatic carbocycles. The molecule has 1 aliphatic heterocycles. The summed E-state index contributed by atoms with van der Waals surface area (Å²) in [6, 6.07) is 16.9. The molecule has 2 N–H and O–H groups in total. The van der Waals surface area contributed by atoms with E-state index >= 15 is 0 Å². The summed E-state index contributed by atoms with van der Waals surface area (Å²) in [5.41, 5.74) is 6.37. The Morgan fingerprint density at radius 1 is 1.12 bits per heavy atom. The molecule has 33 heavy (non-hydrogen) atoms. The number of nitrogens with one attached hydrogen (secondary N) is 2. The molecule has 1 aliphatic rings. The van der Waals surface area contributed by atoms with Gasteiger partial charge in [-0.05, 0) is 31.2 Å². The quantitative estimate of drug-likeness (QED) is 0.412. The predicted octanol–water partition coefficient (Wildman–Crippen LogP) is 2.93. The van der Waals surface area contributed by atoms with Crippen LogP contribution in [0, 0.1) is 5.92 Å². The van der Waals surface area contributed by atoms with Gasteiger partial charge in [0, 0.05) is 29.4 Å². The first-order valence-electron chi connectivity index (χ1n) is 10.6. The van der Waals surface area contributed by atoms with E-state index in [0.717, 1.165) is 15.8 Å². The second-order valence-corrected chi connectivity index (χ2v) is 8.48. The second-order valence-electron chi connectivity index (χ2n) is 7.46. The number of pyridine rings is 1. The molecular weight excluding hydrogens is 440 g/mol. The first kappa shape index (κ1) is 22.6. The number of carbonyl (C=O) groups is 3. The maximum Gasteiger partial charge on any atom is 0.248 e. The summed E-state index contributed by atoms with van der Waals surface area (Å²) in [6.45, 7) is 2.57. The van der Waals surface area contributed by atoms with Crippen LogP contribution in [0.2, 0.25) is 0 Å². The van der Waals surface area contributed by atoms with E-state index in [0.29, 0.717) is 18.0 Å². The predicted molar refractivity (Wildman–Crippen MR) is 127 cm³/mol. The summed E-state index contributed by atoms with van der Waals surface area (Å²) < 4.78 is 5.60. The van der Waals surface area contributed by atoms with Crippen LogP contribution in [-0.2, 0) is 14.4 Å². The summed E-state index contributed by atoms with van der Waals surface area (Å²) in [4.78, 5) is 44.2. The Morgan fingerprint density at radius 2 is 1.94 bits per heavy atom. The Kier molecular flexibility index (Phi) is 7.09. The minimum Gasteiger partial charge on any atom is -0.492 e. The molecule has 1 fully saturated rings. The molecule has 3 amide bonds. The zero-order valence-corrected chi connectivity index (χ0v) is 18.9. The van der Waals surface area contributed by atoms with E-state index in [1.807, 2.05) is 49.4 Å². The van der Waals surface area contributed by atoms with E-state index in [1.165, 1.54) is 11.8 Å². The van der Waals surface area contributed by atoms with Crippen molar-refractivity contribution in [2.75, 3.05) is 23.8 Å². The van der Waals surface area contributed by atoms with Crippen molar-refractivity contribution in [1.82, 2.24) is 15.8 Å². The lowest BCUT2D eigenvalue weighted by Gasteiger charge is -2.20. The summed E-state index contributed by atoms with van der Waals surface area (Å²) in [6.07, 6.45) is 1.78. The van der Waals surface area contributed by atoms with E-state index in [4.69, 9.17) is 4.74 Å². The minimum atomic E-state index is -0.567. The number of amides is 3. The van der Waals surface area contributed by atoms with Crippen LogP contribution < -0.4 is 20.5 Å². The molecule has 3 aromatic rings. The molecule has 0 aliphatic carbocycles. The van der Waals surface area contributed by atoms with E-state index in [2.05, 4.69) is 15.8 Å². The van der Waals surface area contributed by atoms with Crippen LogP contribution in [0.25, 0.3) is 10.9 Å². The van der Waals surface area contributed by atoms with Crippen LogP contribution >= 0.6 is 11.8 Å². The van der Waals surface area contributed by atoms with Gasteiger partial charge in [0.25, 0.3) is 0 Å². The number of nitrogens with zero attached hydrogens (tertiary/aromatic N) is 2. The number of ether oxygens (including phenoxy) is 1. The van der Waals surface area contributed by atoms with Crippen molar-refractivity contribution in [3.8, 4) is 5.75 Å². The van der Waals surface area contributed by atoms with Crippen LogP contribution in [0.1, 0.15) is 13.3 Å². The average Bonchev–Trinajstić information content (AvgIpc) is 3.23. The number of hydrazine groups is 1. The molecule has 1 atom stereocenters. The lowest BCUT2D eigenvalue weighted by atomic mass is 10.1. The molecule has 0 unspecified atom stereocenters. The minimum absolute atomic E-state index is 0.0680.